The molecule has 2 saturated carbocycles. The molecule has 1 N–H and O–H groups in total. The van der Waals surface area contributed by atoms with E-state index in [1.807, 2.05) is 6.07 Å². The average molecular weight is 318 g/mol. The van der Waals surface area contributed by atoms with E-state index in [1.54, 1.807) is 23.9 Å². The van der Waals surface area contributed by atoms with Gasteiger partial charge in [-0.2, -0.15) is 5.26 Å². The number of nitrogens with zero attached hydrogens (tertiary/aromatic N) is 1. The van der Waals surface area contributed by atoms with Gasteiger partial charge in [0.05, 0.1) is 6.07 Å². The van der Waals surface area contributed by atoms with Crippen LogP contribution in [-0.2, 0) is 4.79 Å². The minimum absolute atomic E-state index is 0.0402. The summed E-state index contributed by atoms with van der Waals surface area (Å²) in [5.74, 6) is 2.29. The van der Waals surface area contributed by atoms with Crippen LogP contribution in [0.5, 0.6) is 0 Å². The maximum atomic E-state index is 12.9. The Balaban J connectivity index is 1.61. The van der Waals surface area contributed by atoms with Crippen LogP contribution in [0.4, 0.5) is 4.39 Å². The van der Waals surface area contributed by atoms with Crippen molar-refractivity contribution in [3.63, 3.8) is 0 Å². The Kier molecular flexibility index (Phi) is 4.68. The summed E-state index contributed by atoms with van der Waals surface area (Å²) in [6, 6.07) is 8.48. The molecule has 3 rings (SSSR count). The van der Waals surface area contributed by atoms with Crippen LogP contribution >= 0.6 is 11.8 Å². The van der Waals surface area contributed by atoms with Gasteiger partial charge in [-0.1, -0.05) is 0 Å². The lowest BCUT2D eigenvalue weighted by molar-refractivity contribution is -0.127. The van der Waals surface area contributed by atoms with E-state index in [0.717, 1.165) is 23.5 Å². The number of hydrogen-bond donors (Lipinski definition) is 1. The van der Waals surface area contributed by atoms with Gasteiger partial charge in [-0.05, 0) is 61.3 Å². The van der Waals surface area contributed by atoms with Crippen LogP contribution in [0.1, 0.15) is 19.3 Å². The number of carbonyl (C=O) groups excluding carboxylic acids is 1. The lowest BCUT2D eigenvalue weighted by Gasteiger charge is -2.30. The molecule has 0 aliphatic heterocycles. The first-order chi connectivity index (χ1) is 10.7. The smallest absolute Gasteiger partial charge is 0.224 e. The maximum Gasteiger partial charge on any atom is 0.224 e. The van der Waals surface area contributed by atoms with Crippen LogP contribution < -0.4 is 5.32 Å². The number of hydrogen-bond acceptors (Lipinski definition) is 3. The summed E-state index contributed by atoms with van der Waals surface area (Å²) in [5.41, 5.74) is 0. The number of fused-ring (bicyclic) bond motifs is 1. The van der Waals surface area contributed by atoms with Gasteiger partial charge in [-0.25, -0.2) is 4.39 Å². The monoisotopic (exact) mass is 318 g/mol. The van der Waals surface area contributed by atoms with Crippen LogP contribution in [0.15, 0.2) is 29.2 Å². The highest BCUT2D eigenvalue weighted by molar-refractivity contribution is 7.99. The van der Waals surface area contributed by atoms with Crippen molar-refractivity contribution in [2.45, 2.75) is 24.2 Å². The third-order valence-electron chi connectivity index (χ3n) is 4.78. The van der Waals surface area contributed by atoms with Crippen LogP contribution in [0, 0.1) is 40.8 Å². The van der Waals surface area contributed by atoms with E-state index in [0.29, 0.717) is 17.8 Å². The standard InChI is InChI=1S/C17H19FN2OS/c18-13-3-5-14(6-4-13)22-10-12-2-1-11-9-15(11)16(12)17(21)20-8-7-19/h3-6,11-12,15-16H,1-2,8-10H2,(H,20,21)/t11-,12+,15-,16-/m0/s1. The predicted molar refractivity (Wildman–Crippen MR) is 83.6 cm³/mol. The Morgan fingerprint density at radius 1 is 1.36 bits per heavy atom. The van der Waals surface area contributed by atoms with Crippen molar-refractivity contribution in [1.82, 2.24) is 5.32 Å². The van der Waals surface area contributed by atoms with Crippen LogP contribution in [0.3, 0.4) is 0 Å². The molecule has 1 aromatic carbocycles. The number of thioether (sulfide) groups is 1. The quantitative estimate of drug-likeness (QED) is 0.670. The van der Waals surface area contributed by atoms with E-state index in [2.05, 4.69) is 5.32 Å². The zero-order valence-corrected chi connectivity index (χ0v) is 13.1. The molecule has 0 spiro atoms. The van der Waals surface area contributed by atoms with Crippen LogP contribution in [0.25, 0.3) is 0 Å². The Bertz CT molecular complexity index is 583. The van der Waals surface area contributed by atoms with Crippen molar-refractivity contribution in [3.8, 4) is 6.07 Å². The van der Waals surface area contributed by atoms with Gasteiger partial charge in [0.15, 0.2) is 0 Å². The number of rotatable bonds is 5. The Morgan fingerprint density at radius 2 is 2.14 bits per heavy atom. The molecule has 0 radical (unpaired) electrons. The highest BCUT2D eigenvalue weighted by atomic mass is 32.2. The highest BCUT2D eigenvalue weighted by Gasteiger charge is 2.51. The summed E-state index contributed by atoms with van der Waals surface area (Å²) in [5, 5.41) is 11.4. The van der Waals surface area contributed by atoms with Gasteiger partial charge in [0, 0.05) is 16.6 Å². The van der Waals surface area contributed by atoms with E-state index in [4.69, 9.17) is 5.26 Å². The molecule has 2 fully saturated rings. The molecular weight excluding hydrogens is 299 g/mol. The topological polar surface area (TPSA) is 52.9 Å². The van der Waals surface area contributed by atoms with Gasteiger partial charge < -0.3 is 5.32 Å². The molecule has 3 nitrogen and oxygen atoms in total. The van der Waals surface area contributed by atoms with Crippen molar-refractivity contribution < 1.29 is 9.18 Å². The zero-order valence-electron chi connectivity index (χ0n) is 12.3. The van der Waals surface area contributed by atoms with E-state index >= 15 is 0 Å². The molecule has 1 aromatic rings. The molecule has 0 bridgehead atoms. The van der Waals surface area contributed by atoms with Crippen molar-refractivity contribution in [1.29, 1.82) is 5.26 Å². The number of nitriles is 1. The molecule has 5 heteroatoms. The van der Waals surface area contributed by atoms with E-state index in [1.165, 1.54) is 18.6 Å². The van der Waals surface area contributed by atoms with Crippen LogP contribution in [-0.4, -0.2) is 18.2 Å². The molecule has 116 valence electrons. The first kappa shape index (κ1) is 15.4. The minimum atomic E-state index is -0.225. The number of carbonyl (C=O) groups is 1. The Hall–Kier alpha value is -1.54. The summed E-state index contributed by atoms with van der Waals surface area (Å²) in [6.07, 6.45) is 3.43. The Labute approximate surface area is 134 Å². The number of benzene rings is 1. The first-order valence-electron chi connectivity index (χ1n) is 7.72. The van der Waals surface area contributed by atoms with E-state index in [-0.39, 0.29) is 24.2 Å². The molecule has 0 unspecified atom stereocenters. The predicted octanol–water partition coefficient (Wildman–Crippen LogP) is 3.22. The number of nitrogens with one attached hydrogen (secondary N) is 1. The summed E-state index contributed by atoms with van der Waals surface area (Å²) in [4.78, 5) is 13.4. The zero-order chi connectivity index (χ0) is 15.5. The summed E-state index contributed by atoms with van der Waals surface area (Å²) >= 11 is 1.69. The fourth-order valence-electron chi connectivity index (χ4n) is 3.57. The fourth-order valence-corrected chi connectivity index (χ4v) is 4.68. The van der Waals surface area contributed by atoms with Gasteiger partial charge in [0.2, 0.25) is 5.91 Å². The van der Waals surface area contributed by atoms with Gasteiger partial charge >= 0.3 is 0 Å². The molecule has 0 saturated heterocycles. The number of halogens is 1. The molecule has 22 heavy (non-hydrogen) atoms. The van der Waals surface area contributed by atoms with Gasteiger partial charge in [-0.15, -0.1) is 11.8 Å². The van der Waals surface area contributed by atoms with Crippen molar-refractivity contribution in [2.75, 3.05) is 12.3 Å². The van der Waals surface area contributed by atoms with Crippen molar-refractivity contribution >= 4 is 17.7 Å². The van der Waals surface area contributed by atoms with Crippen molar-refractivity contribution in [3.05, 3.63) is 30.1 Å². The molecule has 4 atom stereocenters. The summed E-state index contributed by atoms with van der Waals surface area (Å²) in [7, 11) is 0. The largest absolute Gasteiger partial charge is 0.343 e. The second kappa shape index (κ2) is 6.70. The Morgan fingerprint density at radius 3 is 2.86 bits per heavy atom. The number of amides is 1. The third kappa shape index (κ3) is 3.44. The van der Waals surface area contributed by atoms with Crippen LogP contribution in [0.2, 0.25) is 0 Å². The molecular formula is C17H19FN2OS. The van der Waals surface area contributed by atoms with Gasteiger partial charge in [0.25, 0.3) is 0 Å². The summed E-state index contributed by atoms with van der Waals surface area (Å²) in [6.45, 7) is 0.0878. The molecule has 1 amide bonds. The second-order valence-corrected chi connectivity index (χ2v) is 7.26. The van der Waals surface area contributed by atoms with E-state index < -0.39 is 0 Å². The normalized spacial score (nSPS) is 29.3. The SMILES string of the molecule is N#CCNC(=O)[C@H]1[C@@H](CSc2ccc(F)cc2)CC[C@H]2C[C@@H]21. The summed E-state index contributed by atoms with van der Waals surface area (Å²) < 4.78 is 12.9. The molecule has 2 aliphatic rings. The third-order valence-corrected chi connectivity index (χ3v) is 5.98. The lowest BCUT2D eigenvalue weighted by Crippen LogP contribution is -2.39. The highest BCUT2D eigenvalue weighted by Crippen LogP contribution is 2.55. The average Bonchev–Trinajstić information content (AvgIpc) is 3.31. The lowest BCUT2D eigenvalue weighted by atomic mass is 9.79. The van der Waals surface area contributed by atoms with Gasteiger partial charge in [0.1, 0.15) is 12.4 Å². The molecule has 0 aromatic heterocycles. The minimum Gasteiger partial charge on any atom is -0.343 e. The van der Waals surface area contributed by atoms with E-state index in [9.17, 15) is 9.18 Å². The van der Waals surface area contributed by atoms with Crippen molar-refractivity contribution in [2.24, 2.45) is 23.7 Å². The maximum absolute atomic E-state index is 12.9. The second-order valence-electron chi connectivity index (χ2n) is 6.16. The first-order valence-corrected chi connectivity index (χ1v) is 8.70. The fraction of sp³-hybridized carbons (Fsp3) is 0.529. The molecule has 2 aliphatic carbocycles. The van der Waals surface area contributed by atoms with Gasteiger partial charge in [-0.3, -0.25) is 4.79 Å². The molecule has 0 heterocycles.